The average molecular weight is 486 g/mol. The second-order valence-electron chi connectivity index (χ2n) is 6.74. The molecule has 25 heavy (non-hydrogen) atoms. The van der Waals surface area contributed by atoms with Crippen molar-refractivity contribution in [2.24, 2.45) is 0 Å². The molecule has 0 amide bonds. The van der Waals surface area contributed by atoms with Gasteiger partial charge in [-0.25, -0.2) is 0 Å². The third-order valence-corrected chi connectivity index (χ3v) is 5.38. The van der Waals surface area contributed by atoms with Crippen LogP contribution in [0.3, 0.4) is 0 Å². The molecule has 5 rings (SSSR count). The minimum atomic E-state index is 0. The molecule has 2 aliphatic rings. The molecule has 0 nitrogen and oxygen atoms in total. The second-order valence-corrected chi connectivity index (χ2v) is 6.74. The molecule has 0 spiro atoms. The summed E-state index contributed by atoms with van der Waals surface area (Å²) in [6.07, 6.45) is 9.18. The standard InChI is InChI=1S/C24H19.Hf/c1-3-9-21-17(6-1)12-14-19(21)15-13-18-8-5-11-23-22-10-4-2-7-20(22)16-24(18)23;/h1-14,19H,15-16H2;/q-1;. The van der Waals surface area contributed by atoms with E-state index in [1.54, 1.807) is 0 Å². The van der Waals surface area contributed by atoms with Gasteiger partial charge in [0, 0.05) is 25.8 Å². The summed E-state index contributed by atoms with van der Waals surface area (Å²) >= 11 is 0. The molecule has 2 aliphatic carbocycles. The first kappa shape index (κ1) is 16.6. The first-order valence-corrected chi connectivity index (χ1v) is 8.71. The van der Waals surface area contributed by atoms with Crippen LogP contribution in [0, 0.1) is 6.42 Å². The Bertz CT molecular complexity index is 952. The Balaban J connectivity index is 0.00000157. The van der Waals surface area contributed by atoms with Crippen LogP contribution in [0.15, 0.2) is 72.8 Å². The fourth-order valence-corrected chi connectivity index (χ4v) is 4.16. The van der Waals surface area contributed by atoms with E-state index in [0.717, 1.165) is 12.8 Å². The number of rotatable bonds is 3. The van der Waals surface area contributed by atoms with Crippen molar-refractivity contribution in [2.45, 2.75) is 18.8 Å². The second kappa shape index (κ2) is 6.80. The smallest absolute Gasteiger partial charge is 0 e. The predicted octanol–water partition coefficient (Wildman–Crippen LogP) is 6.01. The minimum absolute atomic E-state index is 0. The fourth-order valence-electron chi connectivity index (χ4n) is 4.16. The first-order valence-electron chi connectivity index (χ1n) is 8.71. The summed E-state index contributed by atoms with van der Waals surface area (Å²) in [5.74, 6) is 0.515. The summed E-state index contributed by atoms with van der Waals surface area (Å²) in [5, 5.41) is 0. The number of hydrogen-bond donors (Lipinski definition) is 0. The van der Waals surface area contributed by atoms with Gasteiger partial charge in [0.05, 0.1) is 0 Å². The molecule has 0 N–H and O–H groups in total. The van der Waals surface area contributed by atoms with E-state index >= 15 is 0 Å². The third kappa shape index (κ3) is 2.85. The summed E-state index contributed by atoms with van der Waals surface area (Å²) in [7, 11) is 0. The van der Waals surface area contributed by atoms with E-state index in [4.69, 9.17) is 0 Å². The fraction of sp³-hybridized carbons (Fsp3) is 0.125. The van der Waals surface area contributed by atoms with E-state index in [2.05, 4.69) is 85.3 Å². The summed E-state index contributed by atoms with van der Waals surface area (Å²) in [5.41, 5.74) is 10.0. The molecule has 0 saturated carbocycles. The molecular weight excluding hydrogens is 467 g/mol. The SMILES string of the molecule is C1=CC(C[CH-]c2cccc3c2Cc2ccccc2-3)c2ccccc21.[Hf]. The molecule has 1 unspecified atom stereocenters. The van der Waals surface area contributed by atoms with Gasteiger partial charge in [0.15, 0.2) is 0 Å². The van der Waals surface area contributed by atoms with Crippen LogP contribution < -0.4 is 0 Å². The zero-order valence-corrected chi connectivity index (χ0v) is 17.7. The van der Waals surface area contributed by atoms with E-state index < -0.39 is 0 Å². The van der Waals surface area contributed by atoms with Crippen molar-refractivity contribution in [3.8, 4) is 11.1 Å². The van der Waals surface area contributed by atoms with E-state index in [0.29, 0.717) is 5.92 Å². The number of allylic oxidation sites excluding steroid dienone is 1. The largest absolute Gasteiger partial charge is 0.188 e. The Morgan fingerprint density at radius 1 is 0.840 bits per heavy atom. The maximum Gasteiger partial charge on any atom is 0 e. The van der Waals surface area contributed by atoms with Crippen molar-refractivity contribution < 1.29 is 25.8 Å². The van der Waals surface area contributed by atoms with Crippen LogP contribution in [-0.2, 0) is 32.3 Å². The topological polar surface area (TPSA) is 0 Å². The molecule has 0 bridgehead atoms. The van der Waals surface area contributed by atoms with Crippen LogP contribution >= 0.6 is 0 Å². The molecular formula is C24H19Hf-. The minimum Gasteiger partial charge on any atom is -0.188 e. The number of fused-ring (bicyclic) bond motifs is 4. The van der Waals surface area contributed by atoms with Gasteiger partial charge < -0.3 is 0 Å². The summed E-state index contributed by atoms with van der Waals surface area (Å²) in [4.78, 5) is 0. The van der Waals surface area contributed by atoms with Crippen molar-refractivity contribution in [1.82, 2.24) is 0 Å². The summed E-state index contributed by atoms with van der Waals surface area (Å²) in [6.45, 7) is 0. The zero-order chi connectivity index (χ0) is 15.9. The molecule has 1 atom stereocenters. The Hall–Kier alpha value is -1.86. The van der Waals surface area contributed by atoms with E-state index in [9.17, 15) is 0 Å². The molecule has 0 aliphatic heterocycles. The maximum absolute atomic E-state index is 2.43. The van der Waals surface area contributed by atoms with Gasteiger partial charge in [-0.3, -0.25) is 0 Å². The Labute approximate surface area is 168 Å². The Morgan fingerprint density at radius 2 is 1.64 bits per heavy atom. The molecule has 1 heteroatoms. The average Bonchev–Trinajstić information content (AvgIpc) is 3.21. The van der Waals surface area contributed by atoms with Crippen molar-refractivity contribution in [2.75, 3.05) is 0 Å². The number of benzene rings is 3. The first-order chi connectivity index (χ1) is 11.9. The summed E-state index contributed by atoms with van der Waals surface area (Å²) in [6, 6.07) is 24.3. The molecule has 0 radical (unpaired) electrons. The number of hydrogen-bond acceptors (Lipinski definition) is 0. The molecule has 0 fully saturated rings. The normalized spacial score (nSPS) is 15.9. The van der Waals surface area contributed by atoms with Gasteiger partial charge in [0.1, 0.15) is 0 Å². The van der Waals surface area contributed by atoms with Crippen LogP contribution in [0.5, 0.6) is 0 Å². The zero-order valence-electron chi connectivity index (χ0n) is 14.1. The van der Waals surface area contributed by atoms with Crippen molar-refractivity contribution in [3.63, 3.8) is 0 Å². The molecule has 0 saturated heterocycles. The third-order valence-electron chi connectivity index (χ3n) is 5.38. The van der Waals surface area contributed by atoms with Crippen LogP contribution in [0.1, 0.15) is 40.2 Å². The molecule has 3 aromatic rings. The van der Waals surface area contributed by atoms with Crippen LogP contribution in [0.2, 0.25) is 0 Å². The van der Waals surface area contributed by atoms with Gasteiger partial charge in [-0.15, -0.1) is 11.6 Å². The van der Waals surface area contributed by atoms with Gasteiger partial charge in [-0.05, 0) is 34.6 Å². The van der Waals surface area contributed by atoms with Crippen molar-refractivity contribution in [1.29, 1.82) is 0 Å². The summed E-state index contributed by atoms with van der Waals surface area (Å²) < 4.78 is 0. The van der Waals surface area contributed by atoms with Gasteiger partial charge in [0.2, 0.25) is 0 Å². The van der Waals surface area contributed by atoms with E-state index in [1.165, 1.54) is 38.9 Å². The predicted molar refractivity (Wildman–Crippen MR) is 101 cm³/mol. The quantitative estimate of drug-likeness (QED) is 0.246. The molecule has 0 heterocycles. The van der Waals surface area contributed by atoms with Gasteiger partial charge in [-0.1, -0.05) is 78.7 Å². The van der Waals surface area contributed by atoms with E-state index in [-0.39, 0.29) is 25.8 Å². The Morgan fingerprint density at radius 3 is 2.60 bits per heavy atom. The van der Waals surface area contributed by atoms with Crippen LogP contribution in [-0.4, -0.2) is 0 Å². The Kier molecular flexibility index (Phi) is 4.52. The van der Waals surface area contributed by atoms with E-state index in [1.807, 2.05) is 0 Å². The van der Waals surface area contributed by atoms with Crippen LogP contribution in [0.4, 0.5) is 0 Å². The van der Waals surface area contributed by atoms with Gasteiger partial charge >= 0.3 is 0 Å². The monoisotopic (exact) mass is 487 g/mol. The van der Waals surface area contributed by atoms with Crippen molar-refractivity contribution in [3.05, 3.63) is 107 Å². The van der Waals surface area contributed by atoms with Crippen LogP contribution in [0.25, 0.3) is 17.2 Å². The molecule has 0 aromatic heterocycles. The maximum atomic E-state index is 2.43. The van der Waals surface area contributed by atoms with Gasteiger partial charge in [-0.2, -0.15) is 18.1 Å². The van der Waals surface area contributed by atoms with Crippen molar-refractivity contribution >= 4 is 6.08 Å². The van der Waals surface area contributed by atoms with Gasteiger partial charge in [0.25, 0.3) is 0 Å². The molecule has 120 valence electrons. The molecule has 3 aromatic carbocycles.